The quantitative estimate of drug-likeness (QED) is 0.779. The van der Waals surface area contributed by atoms with Crippen molar-refractivity contribution < 1.29 is 13.2 Å². The number of carbonyl (C=O) groups excluding carboxylic acids is 1. The molecule has 0 saturated heterocycles. The lowest BCUT2D eigenvalue weighted by atomic mass is 10.2. The van der Waals surface area contributed by atoms with Gasteiger partial charge in [-0.25, -0.2) is 13.2 Å². The Morgan fingerprint density at radius 3 is 2.35 bits per heavy atom. The Hall–Kier alpha value is -2.54. The summed E-state index contributed by atoms with van der Waals surface area (Å²) in [6.07, 6.45) is 0. The Balaban J connectivity index is 1.98. The zero-order valence-electron chi connectivity index (χ0n) is 15.3. The third-order valence-corrected chi connectivity index (χ3v) is 6.02. The fraction of sp³-hybridized carbons (Fsp3) is 0.316. The van der Waals surface area contributed by atoms with Gasteiger partial charge in [-0.15, -0.1) is 0 Å². The van der Waals surface area contributed by atoms with Crippen LogP contribution in [0.25, 0.3) is 0 Å². The van der Waals surface area contributed by atoms with E-state index in [0.29, 0.717) is 6.54 Å². The number of amides is 2. The fourth-order valence-electron chi connectivity index (χ4n) is 2.46. The number of hydrogen-bond acceptors (Lipinski definition) is 4. The van der Waals surface area contributed by atoms with Crippen molar-refractivity contribution in [2.75, 3.05) is 29.6 Å². The van der Waals surface area contributed by atoms with Gasteiger partial charge in [-0.1, -0.05) is 37.3 Å². The van der Waals surface area contributed by atoms with Crippen LogP contribution in [-0.2, 0) is 9.84 Å². The molecule has 6 nitrogen and oxygen atoms in total. The minimum absolute atomic E-state index is 0.0216. The Kier molecular flexibility index (Phi) is 6.63. The number of para-hydroxylation sites is 2. The average molecular weight is 375 g/mol. The molecule has 7 heteroatoms. The Morgan fingerprint density at radius 2 is 1.69 bits per heavy atom. The van der Waals surface area contributed by atoms with Crippen molar-refractivity contribution in [3.63, 3.8) is 0 Å². The summed E-state index contributed by atoms with van der Waals surface area (Å²) < 4.78 is 24.3. The van der Waals surface area contributed by atoms with Crippen LogP contribution in [0.4, 0.5) is 16.2 Å². The van der Waals surface area contributed by atoms with Gasteiger partial charge in [0.1, 0.15) is 0 Å². The first-order valence-corrected chi connectivity index (χ1v) is 10.1. The van der Waals surface area contributed by atoms with Crippen molar-refractivity contribution in [3.8, 4) is 0 Å². The van der Waals surface area contributed by atoms with E-state index < -0.39 is 15.9 Å². The summed E-state index contributed by atoms with van der Waals surface area (Å²) in [6, 6.07) is 15.9. The second kappa shape index (κ2) is 8.71. The molecular formula is C19H25N3O3S. The second-order valence-electron chi connectivity index (χ2n) is 6.03. The molecule has 2 amide bonds. The SMILES string of the molecule is CCS(=O)(=O)c1ccccc1NC(=O)NCC(C)N(C)c1ccccc1. The van der Waals surface area contributed by atoms with Crippen LogP contribution in [-0.4, -0.2) is 39.8 Å². The third kappa shape index (κ3) is 4.98. The maximum atomic E-state index is 12.2. The summed E-state index contributed by atoms with van der Waals surface area (Å²) >= 11 is 0. The van der Waals surface area contributed by atoms with E-state index in [4.69, 9.17) is 0 Å². The van der Waals surface area contributed by atoms with Gasteiger partial charge in [-0.2, -0.15) is 0 Å². The fourth-order valence-corrected chi connectivity index (χ4v) is 3.51. The van der Waals surface area contributed by atoms with E-state index in [1.807, 2.05) is 44.3 Å². The number of likely N-dealkylation sites (N-methyl/N-ethyl adjacent to an activating group) is 1. The zero-order valence-corrected chi connectivity index (χ0v) is 16.1. The normalized spacial score (nSPS) is 12.3. The molecule has 2 N–H and O–H groups in total. The Labute approximate surface area is 155 Å². The summed E-state index contributed by atoms with van der Waals surface area (Å²) in [5.74, 6) is -0.0216. The van der Waals surface area contributed by atoms with Crippen LogP contribution in [0.5, 0.6) is 0 Å². The molecular weight excluding hydrogens is 350 g/mol. The molecule has 0 heterocycles. The molecule has 26 heavy (non-hydrogen) atoms. The highest BCUT2D eigenvalue weighted by Crippen LogP contribution is 2.21. The first-order valence-electron chi connectivity index (χ1n) is 8.49. The zero-order chi connectivity index (χ0) is 19.2. The lowest BCUT2D eigenvalue weighted by molar-refractivity contribution is 0.251. The monoisotopic (exact) mass is 375 g/mol. The number of anilines is 2. The molecule has 0 aliphatic rings. The third-order valence-electron chi connectivity index (χ3n) is 4.23. The number of sulfone groups is 1. The summed E-state index contributed by atoms with van der Waals surface area (Å²) in [5.41, 5.74) is 1.34. The molecule has 0 aromatic heterocycles. The summed E-state index contributed by atoms with van der Waals surface area (Å²) in [5, 5.41) is 5.43. The van der Waals surface area contributed by atoms with E-state index in [1.165, 1.54) is 6.07 Å². The predicted molar refractivity (Wildman–Crippen MR) is 105 cm³/mol. The molecule has 0 aliphatic carbocycles. The van der Waals surface area contributed by atoms with Gasteiger partial charge in [0.05, 0.1) is 16.3 Å². The van der Waals surface area contributed by atoms with Crippen LogP contribution in [0.15, 0.2) is 59.5 Å². The van der Waals surface area contributed by atoms with Crippen LogP contribution < -0.4 is 15.5 Å². The van der Waals surface area contributed by atoms with Crippen LogP contribution in [0.3, 0.4) is 0 Å². The number of rotatable bonds is 7. The molecule has 2 aromatic carbocycles. The molecule has 0 saturated carbocycles. The van der Waals surface area contributed by atoms with Crippen LogP contribution >= 0.6 is 0 Å². The topological polar surface area (TPSA) is 78.5 Å². The standard InChI is InChI=1S/C19H25N3O3S/c1-4-26(24,25)18-13-9-8-12-17(18)21-19(23)20-14-15(2)22(3)16-10-6-5-7-11-16/h5-13,15H,4,14H2,1-3H3,(H2,20,21,23). The first-order chi connectivity index (χ1) is 12.3. The van der Waals surface area contributed by atoms with E-state index in [9.17, 15) is 13.2 Å². The van der Waals surface area contributed by atoms with Crippen LogP contribution in [0, 0.1) is 0 Å². The van der Waals surface area contributed by atoms with E-state index in [-0.39, 0.29) is 22.4 Å². The van der Waals surface area contributed by atoms with Crippen molar-refractivity contribution in [2.24, 2.45) is 0 Å². The number of benzene rings is 2. The van der Waals surface area contributed by atoms with Gasteiger partial charge in [-0.05, 0) is 31.2 Å². The highest BCUT2D eigenvalue weighted by Gasteiger charge is 2.18. The number of urea groups is 1. The van der Waals surface area contributed by atoms with Gasteiger partial charge in [-0.3, -0.25) is 0 Å². The first kappa shape index (κ1) is 19.8. The number of nitrogens with one attached hydrogen (secondary N) is 2. The smallest absolute Gasteiger partial charge is 0.319 e. The molecule has 140 valence electrons. The second-order valence-corrected chi connectivity index (χ2v) is 8.28. The Bertz CT molecular complexity index is 838. The largest absolute Gasteiger partial charge is 0.370 e. The van der Waals surface area contributed by atoms with E-state index in [2.05, 4.69) is 15.5 Å². The Morgan fingerprint density at radius 1 is 1.08 bits per heavy atom. The molecule has 0 spiro atoms. The van der Waals surface area contributed by atoms with Gasteiger partial charge < -0.3 is 15.5 Å². The van der Waals surface area contributed by atoms with Crippen molar-refractivity contribution in [1.82, 2.24) is 5.32 Å². The van der Waals surface area contributed by atoms with Gasteiger partial charge in [0, 0.05) is 25.3 Å². The molecule has 0 aliphatic heterocycles. The molecule has 1 atom stereocenters. The number of hydrogen-bond donors (Lipinski definition) is 2. The van der Waals surface area contributed by atoms with Crippen molar-refractivity contribution >= 4 is 27.2 Å². The molecule has 0 bridgehead atoms. The van der Waals surface area contributed by atoms with Gasteiger partial charge in [0.25, 0.3) is 0 Å². The maximum absolute atomic E-state index is 12.2. The maximum Gasteiger partial charge on any atom is 0.319 e. The number of carbonyl (C=O) groups is 1. The van der Waals surface area contributed by atoms with Crippen molar-refractivity contribution in [3.05, 3.63) is 54.6 Å². The summed E-state index contributed by atoms with van der Waals surface area (Å²) in [4.78, 5) is 14.4. The average Bonchev–Trinajstić information content (AvgIpc) is 2.66. The predicted octanol–water partition coefficient (Wildman–Crippen LogP) is 3.13. The van der Waals surface area contributed by atoms with E-state index >= 15 is 0 Å². The van der Waals surface area contributed by atoms with Gasteiger partial charge >= 0.3 is 6.03 Å². The molecule has 2 rings (SSSR count). The summed E-state index contributed by atoms with van der Waals surface area (Å²) in [7, 11) is -1.44. The molecule has 0 fully saturated rings. The van der Waals surface area contributed by atoms with Gasteiger partial charge in [0.15, 0.2) is 9.84 Å². The van der Waals surface area contributed by atoms with Crippen molar-refractivity contribution in [1.29, 1.82) is 0 Å². The van der Waals surface area contributed by atoms with Crippen molar-refractivity contribution in [2.45, 2.75) is 24.8 Å². The van der Waals surface area contributed by atoms with E-state index in [0.717, 1.165) is 5.69 Å². The highest BCUT2D eigenvalue weighted by molar-refractivity contribution is 7.91. The molecule has 1 unspecified atom stereocenters. The van der Waals surface area contributed by atoms with Crippen LogP contribution in [0.2, 0.25) is 0 Å². The molecule has 2 aromatic rings. The van der Waals surface area contributed by atoms with Gasteiger partial charge in [0.2, 0.25) is 0 Å². The highest BCUT2D eigenvalue weighted by atomic mass is 32.2. The number of nitrogens with zero attached hydrogens (tertiary/aromatic N) is 1. The minimum Gasteiger partial charge on any atom is -0.370 e. The minimum atomic E-state index is -3.41. The lowest BCUT2D eigenvalue weighted by Crippen LogP contribution is -2.41. The lowest BCUT2D eigenvalue weighted by Gasteiger charge is -2.27. The van der Waals surface area contributed by atoms with Crippen LogP contribution in [0.1, 0.15) is 13.8 Å². The molecule has 0 radical (unpaired) electrons. The summed E-state index contributed by atoms with van der Waals surface area (Å²) in [6.45, 7) is 4.00. The van der Waals surface area contributed by atoms with E-state index in [1.54, 1.807) is 25.1 Å².